The van der Waals surface area contributed by atoms with E-state index in [9.17, 15) is 0 Å². The molecule has 1 aromatic heterocycles. The van der Waals surface area contributed by atoms with E-state index in [0.29, 0.717) is 12.2 Å². The van der Waals surface area contributed by atoms with Gasteiger partial charge >= 0.3 is 0 Å². The Morgan fingerprint density at radius 1 is 1.37 bits per heavy atom. The average molecular weight is 257 g/mol. The van der Waals surface area contributed by atoms with Crippen molar-refractivity contribution in [2.75, 3.05) is 18.0 Å². The lowest BCUT2D eigenvalue weighted by Crippen LogP contribution is -2.29. The Morgan fingerprint density at radius 3 is 2.84 bits per heavy atom. The fraction of sp³-hybridized carbons (Fsp3) is 0.200. The van der Waals surface area contributed by atoms with Crippen molar-refractivity contribution in [1.82, 2.24) is 9.97 Å². The Labute approximate surface area is 108 Å². The van der Waals surface area contributed by atoms with Crippen molar-refractivity contribution in [3.05, 3.63) is 17.5 Å². The zero-order valence-electron chi connectivity index (χ0n) is 9.85. The van der Waals surface area contributed by atoms with E-state index in [0.717, 1.165) is 0 Å². The number of rotatable bonds is 2. The molecule has 1 aliphatic rings. The summed E-state index contributed by atoms with van der Waals surface area (Å²) >= 11 is 0. The zero-order chi connectivity index (χ0) is 13.8. The van der Waals surface area contributed by atoms with Gasteiger partial charge in [-0.25, -0.2) is 4.98 Å². The predicted molar refractivity (Wildman–Crippen MR) is 69.3 cm³/mol. The molecule has 9 heteroatoms. The van der Waals surface area contributed by atoms with Crippen LogP contribution in [0.15, 0.2) is 32.7 Å². The second-order valence-electron chi connectivity index (χ2n) is 3.71. The van der Waals surface area contributed by atoms with Crippen molar-refractivity contribution in [1.29, 1.82) is 5.26 Å². The number of nitriles is 1. The SMILES string of the molecule is N#CC1=C(/N=N/c2cnc(N)nc2N)C(N)CN=C1. The second kappa shape index (κ2) is 5.19. The summed E-state index contributed by atoms with van der Waals surface area (Å²) in [7, 11) is 0. The van der Waals surface area contributed by atoms with Crippen molar-refractivity contribution in [2.45, 2.75) is 6.04 Å². The standard InChI is InChI=1S/C10H11N9/c11-1-5-2-15-3-6(12)8(5)19-18-7-4-16-10(14)17-9(7)13/h2,4,6H,3,12H2,(H4,13,14,16,17)/b19-18+. The summed E-state index contributed by atoms with van der Waals surface area (Å²) in [5.41, 5.74) is 17.7. The third kappa shape index (κ3) is 2.70. The van der Waals surface area contributed by atoms with Crippen LogP contribution in [0.4, 0.5) is 17.5 Å². The molecule has 0 saturated heterocycles. The third-order valence-corrected chi connectivity index (χ3v) is 2.35. The number of nitrogen functional groups attached to an aromatic ring is 2. The summed E-state index contributed by atoms with van der Waals surface area (Å²) in [6.07, 6.45) is 2.76. The van der Waals surface area contributed by atoms with Crippen LogP contribution in [0.5, 0.6) is 0 Å². The van der Waals surface area contributed by atoms with Gasteiger partial charge in [-0.15, -0.1) is 5.11 Å². The maximum absolute atomic E-state index is 8.95. The Balaban J connectivity index is 2.34. The van der Waals surface area contributed by atoms with Crippen LogP contribution in [0, 0.1) is 11.3 Å². The molecule has 0 bridgehead atoms. The molecule has 2 heterocycles. The number of allylic oxidation sites excluding steroid dienone is 1. The van der Waals surface area contributed by atoms with Crippen LogP contribution in [-0.4, -0.2) is 28.8 Å². The summed E-state index contributed by atoms with van der Waals surface area (Å²) < 4.78 is 0. The lowest BCUT2D eigenvalue weighted by atomic mass is 10.1. The van der Waals surface area contributed by atoms with Gasteiger partial charge in [-0.1, -0.05) is 0 Å². The van der Waals surface area contributed by atoms with Gasteiger partial charge < -0.3 is 17.2 Å². The molecule has 0 aromatic carbocycles. The first-order chi connectivity index (χ1) is 9.11. The number of hydrogen-bond donors (Lipinski definition) is 3. The fourth-order valence-electron chi connectivity index (χ4n) is 1.41. The minimum atomic E-state index is -0.473. The maximum atomic E-state index is 8.95. The number of anilines is 2. The van der Waals surface area contributed by atoms with Crippen LogP contribution in [0.3, 0.4) is 0 Å². The van der Waals surface area contributed by atoms with Gasteiger partial charge in [0, 0.05) is 6.21 Å². The van der Waals surface area contributed by atoms with E-state index >= 15 is 0 Å². The first kappa shape index (κ1) is 12.6. The molecule has 6 N–H and O–H groups in total. The Morgan fingerprint density at radius 2 is 2.16 bits per heavy atom. The van der Waals surface area contributed by atoms with E-state index in [1.54, 1.807) is 0 Å². The van der Waals surface area contributed by atoms with E-state index in [2.05, 4.69) is 25.2 Å². The highest BCUT2D eigenvalue weighted by molar-refractivity contribution is 5.86. The predicted octanol–water partition coefficient (Wildman–Crippen LogP) is -0.0859. The van der Waals surface area contributed by atoms with Gasteiger partial charge in [0.1, 0.15) is 17.5 Å². The average Bonchev–Trinajstić information content (AvgIpc) is 2.39. The quantitative estimate of drug-likeness (QED) is 0.626. The number of nitrogens with two attached hydrogens (primary N) is 3. The van der Waals surface area contributed by atoms with Crippen LogP contribution >= 0.6 is 0 Å². The molecule has 0 saturated carbocycles. The molecular formula is C10H11N9. The summed E-state index contributed by atoms with van der Waals surface area (Å²) in [5, 5.41) is 16.8. The van der Waals surface area contributed by atoms with Crippen molar-refractivity contribution >= 4 is 23.7 Å². The fourth-order valence-corrected chi connectivity index (χ4v) is 1.41. The molecule has 0 aliphatic carbocycles. The van der Waals surface area contributed by atoms with Gasteiger partial charge in [0.05, 0.1) is 24.4 Å². The number of aliphatic imine (C=N–C) groups is 1. The normalized spacial score (nSPS) is 18.8. The van der Waals surface area contributed by atoms with Crippen molar-refractivity contribution in [2.24, 2.45) is 21.0 Å². The van der Waals surface area contributed by atoms with Crippen LogP contribution in [0.1, 0.15) is 0 Å². The molecule has 19 heavy (non-hydrogen) atoms. The van der Waals surface area contributed by atoms with Gasteiger partial charge in [0.2, 0.25) is 5.95 Å². The van der Waals surface area contributed by atoms with E-state index in [4.69, 9.17) is 22.5 Å². The van der Waals surface area contributed by atoms with Crippen LogP contribution in [0.2, 0.25) is 0 Å². The molecule has 1 atom stereocenters. The molecule has 2 rings (SSSR count). The summed E-state index contributed by atoms with van der Waals surface area (Å²) in [6.45, 7) is 0.354. The van der Waals surface area contributed by atoms with Crippen LogP contribution in [-0.2, 0) is 0 Å². The molecular weight excluding hydrogens is 246 g/mol. The van der Waals surface area contributed by atoms with Crippen molar-refractivity contribution < 1.29 is 0 Å². The molecule has 9 nitrogen and oxygen atoms in total. The number of dihydropyridines is 1. The van der Waals surface area contributed by atoms with Gasteiger partial charge in [0.15, 0.2) is 5.82 Å². The maximum Gasteiger partial charge on any atom is 0.222 e. The monoisotopic (exact) mass is 257 g/mol. The molecule has 0 fully saturated rings. The van der Waals surface area contributed by atoms with E-state index in [-0.39, 0.29) is 23.0 Å². The minimum Gasteiger partial charge on any atom is -0.382 e. The van der Waals surface area contributed by atoms with E-state index in [1.807, 2.05) is 6.07 Å². The smallest absolute Gasteiger partial charge is 0.222 e. The van der Waals surface area contributed by atoms with E-state index < -0.39 is 6.04 Å². The Kier molecular flexibility index (Phi) is 3.44. The first-order valence-electron chi connectivity index (χ1n) is 5.31. The molecule has 0 amide bonds. The number of azo groups is 1. The topological polar surface area (TPSA) is 165 Å². The highest BCUT2D eigenvalue weighted by Crippen LogP contribution is 2.22. The molecule has 1 aromatic rings. The van der Waals surface area contributed by atoms with Gasteiger partial charge in [-0.05, 0) is 0 Å². The lowest BCUT2D eigenvalue weighted by molar-refractivity contribution is 0.746. The lowest BCUT2D eigenvalue weighted by Gasteiger charge is -2.13. The molecule has 1 unspecified atom stereocenters. The highest BCUT2D eigenvalue weighted by Gasteiger charge is 2.17. The van der Waals surface area contributed by atoms with Crippen molar-refractivity contribution in [3.8, 4) is 6.07 Å². The second-order valence-corrected chi connectivity index (χ2v) is 3.71. The van der Waals surface area contributed by atoms with Gasteiger partial charge in [-0.3, -0.25) is 4.99 Å². The van der Waals surface area contributed by atoms with Crippen LogP contribution in [0.25, 0.3) is 0 Å². The van der Waals surface area contributed by atoms with Crippen molar-refractivity contribution in [3.63, 3.8) is 0 Å². The summed E-state index contributed by atoms with van der Waals surface area (Å²) in [6, 6.07) is 1.49. The molecule has 0 spiro atoms. The molecule has 0 radical (unpaired) electrons. The Bertz CT molecular complexity index is 622. The highest BCUT2D eigenvalue weighted by atomic mass is 15.2. The van der Waals surface area contributed by atoms with Gasteiger partial charge in [-0.2, -0.15) is 15.4 Å². The summed E-state index contributed by atoms with van der Waals surface area (Å²) in [5.74, 6) is 0.156. The largest absolute Gasteiger partial charge is 0.382 e. The molecule has 96 valence electrons. The molecule has 1 aliphatic heterocycles. The Hall–Kier alpha value is -2.86. The minimum absolute atomic E-state index is 0.0508. The summed E-state index contributed by atoms with van der Waals surface area (Å²) in [4.78, 5) is 11.5. The third-order valence-electron chi connectivity index (χ3n) is 2.35. The first-order valence-corrected chi connectivity index (χ1v) is 5.31. The number of aromatic nitrogens is 2. The number of nitrogens with zero attached hydrogens (tertiary/aromatic N) is 6. The van der Waals surface area contributed by atoms with Crippen LogP contribution < -0.4 is 17.2 Å². The zero-order valence-corrected chi connectivity index (χ0v) is 9.85. The van der Waals surface area contributed by atoms with Gasteiger partial charge in [0.25, 0.3) is 0 Å². The van der Waals surface area contributed by atoms with E-state index in [1.165, 1.54) is 12.4 Å². The number of hydrogen-bond acceptors (Lipinski definition) is 9.